The number of benzene rings is 2. The zero-order valence-electron chi connectivity index (χ0n) is 13.8. The van der Waals surface area contributed by atoms with Crippen molar-refractivity contribution >= 4 is 35.0 Å². The van der Waals surface area contributed by atoms with Gasteiger partial charge in [-0.15, -0.1) is 0 Å². The molecule has 0 saturated carbocycles. The maximum Gasteiger partial charge on any atom is 0.339 e. The summed E-state index contributed by atoms with van der Waals surface area (Å²) in [5, 5.41) is 3.27. The Hall–Kier alpha value is -2.73. The summed E-state index contributed by atoms with van der Waals surface area (Å²) in [6.07, 6.45) is -0.171. The fraction of sp³-hybridized carbons (Fsp3) is 0.222. The normalized spacial score (nSPS) is 15.8. The van der Waals surface area contributed by atoms with Gasteiger partial charge in [-0.1, -0.05) is 23.7 Å². The molecule has 7 heteroatoms. The van der Waals surface area contributed by atoms with Crippen LogP contribution in [0.5, 0.6) is 5.75 Å². The topological polar surface area (TPSA) is 67.9 Å². The number of urea groups is 1. The van der Waals surface area contributed by atoms with Gasteiger partial charge in [0, 0.05) is 5.02 Å². The van der Waals surface area contributed by atoms with Crippen LogP contribution in [-0.2, 0) is 4.74 Å². The molecule has 1 N–H and O–H groups in total. The summed E-state index contributed by atoms with van der Waals surface area (Å²) >= 11 is 6.05. The smallest absolute Gasteiger partial charge is 0.339 e. The minimum atomic E-state index is -0.519. The number of carbonyl (C=O) groups excluding carboxylic acids is 2. The van der Waals surface area contributed by atoms with Crippen LogP contribution < -0.4 is 15.0 Å². The van der Waals surface area contributed by atoms with E-state index in [0.717, 1.165) is 0 Å². The number of rotatable bonds is 2. The molecule has 0 radical (unpaired) electrons. The highest BCUT2D eigenvalue weighted by atomic mass is 35.5. The third-order valence-corrected chi connectivity index (χ3v) is 4.03. The van der Waals surface area contributed by atoms with E-state index >= 15 is 0 Å². The summed E-state index contributed by atoms with van der Waals surface area (Å²) in [5.74, 6) is 0.0641. The second-order valence-corrected chi connectivity index (χ2v) is 6.05. The molecule has 2 amide bonds. The number of hydrogen-bond donors (Lipinski definition) is 1. The van der Waals surface area contributed by atoms with Crippen LogP contribution in [0.3, 0.4) is 0 Å². The fourth-order valence-corrected chi connectivity index (χ4v) is 2.83. The quantitative estimate of drug-likeness (QED) is 0.823. The fourth-order valence-electron chi connectivity index (χ4n) is 2.67. The van der Waals surface area contributed by atoms with Gasteiger partial charge >= 0.3 is 12.0 Å². The highest BCUT2D eigenvalue weighted by molar-refractivity contribution is 6.31. The molecule has 0 spiro atoms. The van der Waals surface area contributed by atoms with E-state index in [2.05, 4.69) is 5.32 Å². The summed E-state index contributed by atoms with van der Waals surface area (Å²) < 4.78 is 10.5. The molecule has 1 aliphatic heterocycles. The first-order valence-electron chi connectivity index (χ1n) is 7.71. The monoisotopic (exact) mass is 360 g/mol. The molecule has 2 aromatic rings. The molecule has 0 fully saturated rings. The lowest BCUT2D eigenvalue weighted by Crippen LogP contribution is -2.44. The van der Waals surface area contributed by atoms with Gasteiger partial charge in [-0.3, -0.25) is 4.90 Å². The van der Waals surface area contributed by atoms with Crippen LogP contribution in [0.4, 0.5) is 16.2 Å². The molecule has 25 heavy (non-hydrogen) atoms. The molecule has 130 valence electrons. The Morgan fingerprint density at radius 2 is 2.04 bits per heavy atom. The van der Waals surface area contributed by atoms with Crippen molar-refractivity contribution in [3.05, 3.63) is 53.1 Å². The molecule has 1 atom stereocenters. The number of para-hydroxylation sites is 1. The van der Waals surface area contributed by atoms with Crippen LogP contribution in [0.25, 0.3) is 0 Å². The van der Waals surface area contributed by atoms with E-state index in [1.165, 1.54) is 7.11 Å². The molecule has 2 aromatic carbocycles. The Labute approximate surface area is 150 Å². The Morgan fingerprint density at radius 3 is 2.80 bits per heavy atom. The standard InChI is InChI=1S/C18H17ClN2O4/c1-11-10-21(15-9-12(19)7-8-16(15)25-11)18(23)20-14-6-4-3-5-13(14)17(22)24-2/h3-9,11H,10H2,1-2H3,(H,20,23)/t11-/m0/s1. The summed E-state index contributed by atoms with van der Waals surface area (Å²) in [4.78, 5) is 26.2. The van der Waals surface area contributed by atoms with Crippen LogP contribution in [0, 0.1) is 0 Å². The van der Waals surface area contributed by atoms with Crippen molar-refractivity contribution < 1.29 is 19.1 Å². The highest BCUT2D eigenvalue weighted by Crippen LogP contribution is 2.36. The van der Waals surface area contributed by atoms with Crippen LogP contribution in [0.1, 0.15) is 17.3 Å². The minimum absolute atomic E-state index is 0.171. The maximum absolute atomic E-state index is 12.8. The molecule has 6 nitrogen and oxygen atoms in total. The molecule has 3 rings (SSSR count). The van der Waals surface area contributed by atoms with Crippen LogP contribution in [0.15, 0.2) is 42.5 Å². The number of methoxy groups -OCH3 is 1. The summed E-state index contributed by atoms with van der Waals surface area (Å²) in [6.45, 7) is 2.24. The van der Waals surface area contributed by atoms with Crippen molar-refractivity contribution in [3.63, 3.8) is 0 Å². The second kappa shape index (κ2) is 7.03. The lowest BCUT2D eigenvalue weighted by atomic mass is 10.1. The molecule has 1 heterocycles. The van der Waals surface area contributed by atoms with Gasteiger partial charge < -0.3 is 14.8 Å². The van der Waals surface area contributed by atoms with Crippen molar-refractivity contribution in [3.8, 4) is 5.75 Å². The van der Waals surface area contributed by atoms with Gasteiger partial charge in [0.25, 0.3) is 0 Å². The number of anilines is 2. The van der Waals surface area contributed by atoms with Gasteiger partial charge in [-0.25, -0.2) is 9.59 Å². The Morgan fingerprint density at radius 1 is 1.28 bits per heavy atom. The van der Waals surface area contributed by atoms with E-state index in [4.69, 9.17) is 21.1 Å². The van der Waals surface area contributed by atoms with Crippen LogP contribution in [0.2, 0.25) is 5.02 Å². The zero-order valence-corrected chi connectivity index (χ0v) is 14.5. The van der Waals surface area contributed by atoms with Gasteiger partial charge in [-0.2, -0.15) is 0 Å². The van der Waals surface area contributed by atoms with Crippen molar-refractivity contribution in [1.82, 2.24) is 0 Å². The van der Waals surface area contributed by atoms with Gasteiger partial charge in [0.1, 0.15) is 11.9 Å². The largest absolute Gasteiger partial charge is 0.487 e. The minimum Gasteiger partial charge on any atom is -0.487 e. The molecular formula is C18H17ClN2O4. The average Bonchev–Trinajstić information content (AvgIpc) is 2.61. The second-order valence-electron chi connectivity index (χ2n) is 5.62. The van der Waals surface area contributed by atoms with E-state index in [0.29, 0.717) is 28.7 Å². The Kier molecular flexibility index (Phi) is 4.81. The number of hydrogen-bond acceptors (Lipinski definition) is 4. The number of nitrogens with one attached hydrogen (secondary N) is 1. The van der Waals surface area contributed by atoms with Crippen molar-refractivity contribution in [2.75, 3.05) is 23.9 Å². The van der Waals surface area contributed by atoms with E-state index < -0.39 is 5.97 Å². The van der Waals surface area contributed by atoms with E-state index in [1.54, 1.807) is 47.4 Å². The number of ether oxygens (including phenoxy) is 2. The first-order valence-corrected chi connectivity index (χ1v) is 8.09. The SMILES string of the molecule is COC(=O)c1ccccc1NC(=O)N1C[C@H](C)Oc2ccc(Cl)cc21. The third-order valence-electron chi connectivity index (χ3n) is 3.80. The molecular weight excluding hydrogens is 344 g/mol. The summed E-state index contributed by atoms with van der Waals surface area (Å²) in [6, 6.07) is 11.4. The van der Waals surface area contributed by atoms with Crippen LogP contribution in [-0.4, -0.2) is 31.8 Å². The van der Waals surface area contributed by atoms with Crippen LogP contribution >= 0.6 is 11.6 Å². The number of fused-ring (bicyclic) bond motifs is 1. The number of halogens is 1. The van der Waals surface area contributed by atoms with Gasteiger partial charge in [0.15, 0.2) is 0 Å². The predicted octanol–water partition coefficient (Wildman–Crippen LogP) is 3.95. The number of amides is 2. The molecule has 0 bridgehead atoms. The number of nitrogens with zero attached hydrogens (tertiary/aromatic N) is 1. The van der Waals surface area contributed by atoms with Crippen molar-refractivity contribution in [2.24, 2.45) is 0 Å². The average molecular weight is 361 g/mol. The number of esters is 1. The Balaban J connectivity index is 1.90. The van der Waals surface area contributed by atoms with Crippen molar-refractivity contribution in [2.45, 2.75) is 13.0 Å². The lowest BCUT2D eigenvalue weighted by Gasteiger charge is -2.33. The van der Waals surface area contributed by atoms with Crippen molar-refractivity contribution in [1.29, 1.82) is 0 Å². The molecule has 0 unspecified atom stereocenters. The number of carbonyl (C=O) groups is 2. The van der Waals surface area contributed by atoms with Gasteiger partial charge in [0.2, 0.25) is 0 Å². The predicted molar refractivity (Wildman–Crippen MR) is 95.7 cm³/mol. The van der Waals surface area contributed by atoms with Gasteiger partial charge in [-0.05, 0) is 37.3 Å². The maximum atomic E-state index is 12.8. The van der Waals surface area contributed by atoms with Gasteiger partial charge in [0.05, 0.1) is 30.6 Å². The molecule has 0 aromatic heterocycles. The molecule has 0 aliphatic carbocycles. The lowest BCUT2D eigenvalue weighted by molar-refractivity contribution is 0.0602. The third kappa shape index (κ3) is 3.53. The van der Waals surface area contributed by atoms with E-state index in [9.17, 15) is 9.59 Å². The Bertz CT molecular complexity index is 824. The van der Waals surface area contributed by atoms with E-state index in [1.807, 2.05) is 6.92 Å². The first kappa shape index (κ1) is 17.1. The first-order chi connectivity index (χ1) is 12.0. The van der Waals surface area contributed by atoms with E-state index in [-0.39, 0.29) is 17.7 Å². The molecule has 0 saturated heterocycles. The highest BCUT2D eigenvalue weighted by Gasteiger charge is 2.28. The molecule has 1 aliphatic rings. The summed E-state index contributed by atoms with van der Waals surface area (Å²) in [7, 11) is 1.29. The zero-order chi connectivity index (χ0) is 18.0. The summed E-state index contributed by atoms with van der Waals surface area (Å²) in [5.41, 5.74) is 1.24.